The van der Waals surface area contributed by atoms with Crippen LogP contribution in [0.1, 0.15) is 25.3 Å². The molecule has 2 aromatic rings. The summed E-state index contributed by atoms with van der Waals surface area (Å²) in [5.41, 5.74) is 8.78. The van der Waals surface area contributed by atoms with E-state index in [-0.39, 0.29) is 0 Å². The van der Waals surface area contributed by atoms with Crippen LogP contribution in [0.25, 0.3) is 10.9 Å². The van der Waals surface area contributed by atoms with Gasteiger partial charge in [-0.25, -0.2) is 0 Å². The van der Waals surface area contributed by atoms with Gasteiger partial charge in [-0.15, -0.1) is 0 Å². The third-order valence-corrected chi connectivity index (χ3v) is 3.52. The summed E-state index contributed by atoms with van der Waals surface area (Å²) in [5.74, 6) is 0.849. The zero-order valence-electron chi connectivity index (χ0n) is 12.4. The number of hydrogen-bond acceptors (Lipinski definition) is 4. The summed E-state index contributed by atoms with van der Waals surface area (Å²) in [7, 11) is 1.69. The molecule has 2 rings (SSSR count). The van der Waals surface area contributed by atoms with Gasteiger partial charge in [0, 0.05) is 23.7 Å². The zero-order chi connectivity index (χ0) is 14.5. The van der Waals surface area contributed by atoms with Crippen LogP contribution < -0.4 is 15.8 Å². The average molecular weight is 273 g/mol. The van der Waals surface area contributed by atoms with E-state index in [2.05, 4.69) is 24.1 Å². The van der Waals surface area contributed by atoms with Crippen molar-refractivity contribution in [3.63, 3.8) is 0 Å². The predicted octanol–water partition coefficient (Wildman–Crippen LogP) is 3.09. The van der Waals surface area contributed by atoms with Gasteiger partial charge in [0.15, 0.2) is 0 Å². The molecule has 0 aliphatic heterocycles. The molecule has 1 aromatic heterocycles. The summed E-state index contributed by atoms with van der Waals surface area (Å²) in [6, 6.07) is 6.42. The highest BCUT2D eigenvalue weighted by atomic mass is 16.5. The SMILES string of the molecule is COc1cc(N[C@@H](C)CCCN)c2nccc(C)c2c1. The van der Waals surface area contributed by atoms with Gasteiger partial charge in [0.25, 0.3) is 0 Å². The number of ether oxygens (including phenoxy) is 1. The lowest BCUT2D eigenvalue weighted by molar-refractivity contribution is 0.415. The quantitative estimate of drug-likeness (QED) is 0.849. The van der Waals surface area contributed by atoms with Crippen LogP contribution in [-0.4, -0.2) is 24.7 Å². The molecule has 0 aliphatic carbocycles. The Morgan fingerprint density at radius 1 is 1.40 bits per heavy atom. The molecule has 3 N–H and O–H groups in total. The lowest BCUT2D eigenvalue weighted by Gasteiger charge is -2.17. The number of hydrogen-bond donors (Lipinski definition) is 2. The maximum atomic E-state index is 5.57. The molecule has 1 atom stereocenters. The van der Waals surface area contributed by atoms with E-state index >= 15 is 0 Å². The van der Waals surface area contributed by atoms with Crippen LogP contribution in [0.5, 0.6) is 5.75 Å². The van der Waals surface area contributed by atoms with Crippen LogP contribution in [0.3, 0.4) is 0 Å². The molecular weight excluding hydrogens is 250 g/mol. The van der Waals surface area contributed by atoms with E-state index in [0.717, 1.165) is 41.7 Å². The number of methoxy groups -OCH3 is 1. The van der Waals surface area contributed by atoms with Gasteiger partial charge in [-0.2, -0.15) is 0 Å². The molecule has 1 heterocycles. The number of nitrogens with zero attached hydrogens (tertiary/aromatic N) is 1. The van der Waals surface area contributed by atoms with Crippen molar-refractivity contribution >= 4 is 16.6 Å². The van der Waals surface area contributed by atoms with Crippen LogP contribution in [0, 0.1) is 6.92 Å². The van der Waals surface area contributed by atoms with Crippen molar-refractivity contribution < 1.29 is 4.74 Å². The second-order valence-corrected chi connectivity index (χ2v) is 5.18. The number of nitrogens with one attached hydrogen (secondary N) is 1. The highest BCUT2D eigenvalue weighted by molar-refractivity contribution is 5.94. The monoisotopic (exact) mass is 273 g/mol. The molecule has 0 spiro atoms. The Bertz CT molecular complexity index is 583. The maximum Gasteiger partial charge on any atom is 0.121 e. The van der Waals surface area contributed by atoms with E-state index in [4.69, 9.17) is 10.5 Å². The first-order valence-corrected chi connectivity index (χ1v) is 7.05. The van der Waals surface area contributed by atoms with Gasteiger partial charge < -0.3 is 15.8 Å². The average Bonchev–Trinajstić information content (AvgIpc) is 2.45. The summed E-state index contributed by atoms with van der Waals surface area (Å²) in [6.07, 6.45) is 3.91. The Hall–Kier alpha value is -1.81. The minimum atomic E-state index is 0.358. The van der Waals surface area contributed by atoms with Gasteiger partial charge in [-0.05, 0) is 50.9 Å². The van der Waals surface area contributed by atoms with Gasteiger partial charge in [-0.3, -0.25) is 4.98 Å². The first kappa shape index (κ1) is 14.6. The summed E-state index contributed by atoms with van der Waals surface area (Å²) < 4.78 is 5.39. The first-order valence-electron chi connectivity index (χ1n) is 7.05. The smallest absolute Gasteiger partial charge is 0.121 e. The molecule has 0 aliphatic rings. The van der Waals surface area contributed by atoms with Crippen molar-refractivity contribution in [2.24, 2.45) is 5.73 Å². The Morgan fingerprint density at radius 3 is 2.90 bits per heavy atom. The number of benzene rings is 1. The van der Waals surface area contributed by atoms with Crippen molar-refractivity contribution in [1.82, 2.24) is 4.98 Å². The van der Waals surface area contributed by atoms with Crippen LogP contribution in [0.15, 0.2) is 24.4 Å². The molecule has 0 fully saturated rings. The second-order valence-electron chi connectivity index (χ2n) is 5.18. The van der Waals surface area contributed by atoms with E-state index in [9.17, 15) is 0 Å². The molecule has 0 unspecified atom stereocenters. The highest BCUT2D eigenvalue weighted by Gasteiger charge is 2.10. The lowest BCUT2D eigenvalue weighted by atomic mass is 10.1. The van der Waals surface area contributed by atoms with Crippen molar-refractivity contribution in [2.75, 3.05) is 19.0 Å². The normalized spacial score (nSPS) is 12.4. The lowest BCUT2D eigenvalue weighted by Crippen LogP contribution is -2.17. The predicted molar refractivity (Wildman–Crippen MR) is 84.4 cm³/mol. The summed E-state index contributed by atoms with van der Waals surface area (Å²) in [5, 5.41) is 4.65. The second kappa shape index (κ2) is 6.57. The van der Waals surface area contributed by atoms with E-state index < -0.39 is 0 Å². The minimum Gasteiger partial charge on any atom is -0.497 e. The number of fused-ring (bicyclic) bond motifs is 1. The van der Waals surface area contributed by atoms with E-state index in [1.165, 1.54) is 5.56 Å². The van der Waals surface area contributed by atoms with Gasteiger partial charge in [0.1, 0.15) is 5.75 Å². The Morgan fingerprint density at radius 2 is 2.20 bits per heavy atom. The van der Waals surface area contributed by atoms with Crippen molar-refractivity contribution in [3.8, 4) is 5.75 Å². The zero-order valence-corrected chi connectivity index (χ0v) is 12.4. The number of rotatable bonds is 6. The minimum absolute atomic E-state index is 0.358. The molecule has 4 nitrogen and oxygen atoms in total. The molecule has 20 heavy (non-hydrogen) atoms. The van der Waals surface area contributed by atoms with E-state index in [1.807, 2.05) is 24.4 Å². The molecule has 0 saturated heterocycles. The summed E-state index contributed by atoms with van der Waals surface area (Å²) in [6.45, 7) is 4.98. The van der Waals surface area contributed by atoms with E-state index in [0.29, 0.717) is 6.04 Å². The molecule has 4 heteroatoms. The molecule has 0 radical (unpaired) electrons. The van der Waals surface area contributed by atoms with Crippen molar-refractivity contribution in [3.05, 3.63) is 30.0 Å². The third kappa shape index (κ3) is 3.20. The van der Waals surface area contributed by atoms with Gasteiger partial charge >= 0.3 is 0 Å². The van der Waals surface area contributed by atoms with E-state index in [1.54, 1.807) is 7.11 Å². The molecular formula is C16H23N3O. The summed E-state index contributed by atoms with van der Waals surface area (Å²) >= 11 is 0. The van der Waals surface area contributed by atoms with Gasteiger partial charge in [-0.1, -0.05) is 0 Å². The Labute approximate surface area is 120 Å². The number of nitrogens with two attached hydrogens (primary N) is 1. The topological polar surface area (TPSA) is 60.2 Å². The standard InChI is InChI=1S/C16H23N3O/c1-11-6-8-18-16-14(11)9-13(20-3)10-15(16)19-12(2)5-4-7-17/h6,8-10,12,19H,4-5,7,17H2,1-3H3/t12-/m0/s1. The fourth-order valence-electron chi connectivity index (χ4n) is 2.35. The van der Waals surface area contributed by atoms with Gasteiger partial charge in [0.05, 0.1) is 18.3 Å². The fraction of sp³-hybridized carbons (Fsp3) is 0.438. The molecule has 1 aromatic carbocycles. The first-order chi connectivity index (χ1) is 9.65. The number of anilines is 1. The molecule has 0 saturated carbocycles. The van der Waals surface area contributed by atoms with Crippen molar-refractivity contribution in [2.45, 2.75) is 32.7 Å². The third-order valence-electron chi connectivity index (χ3n) is 3.52. The number of aromatic nitrogens is 1. The Balaban J connectivity index is 2.38. The molecule has 0 amide bonds. The molecule has 0 bridgehead atoms. The van der Waals surface area contributed by atoms with Crippen molar-refractivity contribution in [1.29, 1.82) is 0 Å². The van der Waals surface area contributed by atoms with Gasteiger partial charge in [0.2, 0.25) is 0 Å². The fourth-order valence-corrected chi connectivity index (χ4v) is 2.35. The summed E-state index contributed by atoms with van der Waals surface area (Å²) in [4.78, 5) is 4.51. The molecule has 108 valence electrons. The van der Waals surface area contributed by atoms with Crippen LogP contribution in [0.4, 0.5) is 5.69 Å². The largest absolute Gasteiger partial charge is 0.497 e. The van der Waals surface area contributed by atoms with Crippen LogP contribution in [-0.2, 0) is 0 Å². The highest BCUT2D eigenvalue weighted by Crippen LogP contribution is 2.30. The number of aryl methyl sites for hydroxylation is 1. The Kier molecular flexibility index (Phi) is 4.79. The maximum absolute atomic E-state index is 5.57. The number of pyridine rings is 1. The van der Waals surface area contributed by atoms with Crippen LogP contribution >= 0.6 is 0 Å². The van der Waals surface area contributed by atoms with Crippen LogP contribution in [0.2, 0.25) is 0 Å².